The molecule has 0 bridgehead atoms. The molecule has 0 aromatic carbocycles. The van der Waals surface area contributed by atoms with Crippen LogP contribution >= 0.6 is 0 Å². The molecule has 2 rings (SSSR count). The zero-order valence-corrected chi connectivity index (χ0v) is 16.2. The van der Waals surface area contributed by atoms with Gasteiger partial charge in [-0.15, -0.1) is 0 Å². The van der Waals surface area contributed by atoms with Crippen molar-refractivity contribution in [2.75, 3.05) is 10.6 Å². The average Bonchev–Trinajstić information content (AvgIpc) is 2.64. The summed E-state index contributed by atoms with van der Waals surface area (Å²) >= 11 is 0. The smallest absolute Gasteiger partial charge is 0.250 e. The maximum atomic E-state index is 11.9. The number of aryl methyl sites for hydroxylation is 2. The number of hydrogen-bond acceptors (Lipinski definition) is 4. The highest BCUT2D eigenvalue weighted by Gasteiger charge is 2.05. The summed E-state index contributed by atoms with van der Waals surface area (Å²) < 4.78 is 2.82. The number of unbranched alkanes of at least 4 members (excludes halogenated alkanes) is 3. The third kappa shape index (κ3) is 6.86. The van der Waals surface area contributed by atoms with Crippen molar-refractivity contribution in [2.45, 2.75) is 38.5 Å². The van der Waals surface area contributed by atoms with Crippen LogP contribution in [0.2, 0.25) is 0 Å². The van der Waals surface area contributed by atoms with Gasteiger partial charge in [-0.25, -0.2) is 0 Å². The first-order valence-electron chi connectivity index (χ1n) is 9.28. The van der Waals surface area contributed by atoms with Crippen molar-refractivity contribution in [3.63, 3.8) is 0 Å². The number of hydrogen-bond donors (Lipinski definition) is 2. The van der Waals surface area contributed by atoms with Gasteiger partial charge in [0, 0.05) is 51.5 Å². The second kappa shape index (κ2) is 10.2. The molecule has 0 aliphatic heterocycles. The number of carbonyl (C=O) groups is 2. The van der Waals surface area contributed by atoms with E-state index in [0.29, 0.717) is 24.2 Å². The molecule has 0 saturated carbocycles. The molecule has 0 radical (unpaired) electrons. The van der Waals surface area contributed by atoms with Crippen molar-refractivity contribution >= 4 is 23.2 Å². The lowest BCUT2D eigenvalue weighted by molar-refractivity contribution is -0.117. The number of nitrogens with one attached hydrogen (secondary N) is 2. The van der Waals surface area contributed by atoms with E-state index in [1.165, 1.54) is 21.3 Å². The first kappa shape index (κ1) is 21.1. The Bertz CT molecular complexity index is 868. The highest BCUT2D eigenvalue weighted by molar-refractivity contribution is 5.91. The quantitative estimate of drug-likeness (QED) is 0.644. The van der Waals surface area contributed by atoms with Crippen molar-refractivity contribution in [3.05, 3.63) is 57.4 Å². The van der Waals surface area contributed by atoms with Crippen molar-refractivity contribution < 1.29 is 9.59 Å². The first-order valence-corrected chi connectivity index (χ1v) is 9.28. The molecule has 150 valence electrons. The maximum Gasteiger partial charge on any atom is 0.250 e. The molecule has 0 atom stereocenters. The minimum absolute atomic E-state index is 0.0916. The fourth-order valence-corrected chi connectivity index (χ4v) is 2.71. The lowest BCUT2D eigenvalue weighted by atomic mass is 10.1. The average molecular weight is 386 g/mol. The molecule has 0 aliphatic carbocycles. The molecule has 8 nitrogen and oxygen atoms in total. The minimum atomic E-state index is -0.127. The topological polar surface area (TPSA) is 102 Å². The van der Waals surface area contributed by atoms with Crippen LogP contribution in [0.25, 0.3) is 0 Å². The molecule has 0 fully saturated rings. The number of nitrogens with zero attached hydrogens (tertiary/aromatic N) is 2. The van der Waals surface area contributed by atoms with Gasteiger partial charge in [0.2, 0.25) is 22.9 Å². The van der Waals surface area contributed by atoms with E-state index in [-0.39, 0.29) is 22.9 Å². The molecule has 8 heteroatoms. The van der Waals surface area contributed by atoms with Crippen molar-refractivity contribution in [1.29, 1.82) is 0 Å². The van der Waals surface area contributed by atoms with Crippen LogP contribution in [0.4, 0.5) is 11.4 Å². The van der Waals surface area contributed by atoms with Crippen LogP contribution in [-0.4, -0.2) is 20.9 Å². The zero-order chi connectivity index (χ0) is 20.5. The number of pyridine rings is 2. The Hall–Kier alpha value is -3.16. The first-order chi connectivity index (χ1) is 13.3. The summed E-state index contributed by atoms with van der Waals surface area (Å²) in [7, 11) is 3.26. The highest BCUT2D eigenvalue weighted by atomic mass is 16.2. The van der Waals surface area contributed by atoms with E-state index in [0.717, 1.165) is 25.7 Å². The van der Waals surface area contributed by atoms with Gasteiger partial charge in [0.1, 0.15) is 0 Å². The number of aromatic nitrogens is 2. The normalized spacial score (nSPS) is 10.5. The van der Waals surface area contributed by atoms with E-state index in [4.69, 9.17) is 0 Å². The van der Waals surface area contributed by atoms with E-state index in [9.17, 15) is 19.2 Å². The fourth-order valence-electron chi connectivity index (χ4n) is 2.71. The Labute approximate surface area is 163 Å². The minimum Gasteiger partial charge on any atom is -0.325 e. The third-order valence-corrected chi connectivity index (χ3v) is 4.30. The number of rotatable bonds is 9. The Morgan fingerprint density at radius 1 is 0.714 bits per heavy atom. The van der Waals surface area contributed by atoms with Crippen LogP contribution in [0, 0.1) is 0 Å². The van der Waals surface area contributed by atoms with Gasteiger partial charge < -0.3 is 19.8 Å². The molecule has 0 unspecified atom stereocenters. The summed E-state index contributed by atoms with van der Waals surface area (Å²) in [6, 6.07) is 6.00. The second-order valence-corrected chi connectivity index (χ2v) is 6.74. The molecule has 2 aromatic heterocycles. The number of anilines is 2. The predicted molar refractivity (Wildman–Crippen MR) is 108 cm³/mol. The molecule has 2 amide bonds. The van der Waals surface area contributed by atoms with Crippen molar-refractivity contribution in [2.24, 2.45) is 14.1 Å². The van der Waals surface area contributed by atoms with Crippen LogP contribution < -0.4 is 21.8 Å². The second-order valence-electron chi connectivity index (χ2n) is 6.74. The molecule has 28 heavy (non-hydrogen) atoms. The zero-order valence-electron chi connectivity index (χ0n) is 16.2. The number of amides is 2. The van der Waals surface area contributed by atoms with E-state index >= 15 is 0 Å². The monoisotopic (exact) mass is 386 g/mol. The largest absolute Gasteiger partial charge is 0.325 e. The predicted octanol–water partition coefficient (Wildman–Crippen LogP) is 2.00. The number of carbonyl (C=O) groups excluding carboxylic acids is 2. The Morgan fingerprint density at radius 3 is 1.46 bits per heavy atom. The van der Waals surface area contributed by atoms with E-state index < -0.39 is 0 Å². The molecule has 0 aliphatic rings. The van der Waals surface area contributed by atoms with Gasteiger partial charge in [-0.1, -0.05) is 12.8 Å². The summed E-state index contributed by atoms with van der Waals surface area (Å²) in [6.45, 7) is 0. The lowest BCUT2D eigenvalue weighted by Gasteiger charge is -2.07. The molecular formula is C20H26N4O4. The molecule has 2 heterocycles. The van der Waals surface area contributed by atoms with Gasteiger partial charge in [0.05, 0.1) is 11.4 Å². The van der Waals surface area contributed by atoms with Crippen LogP contribution in [0.1, 0.15) is 38.5 Å². The standard InChI is InChI=1S/C20H26N4O4/c1-23-13-15(9-11-19(23)27)21-17(25)7-5-3-4-6-8-18(26)22-16-10-12-20(28)24(2)14-16/h9-14H,3-8H2,1-2H3,(H,21,25)(H,22,26). The summed E-state index contributed by atoms with van der Waals surface area (Å²) in [5.74, 6) is -0.183. The van der Waals surface area contributed by atoms with E-state index in [2.05, 4.69) is 10.6 Å². The molecule has 0 saturated heterocycles. The third-order valence-electron chi connectivity index (χ3n) is 4.30. The van der Waals surface area contributed by atoms with E-state index in [1.807, 2.05) is 0 Å². The lowest BCUT2D eigenvalue weighted by Crippen LogP contribution is -2.18. The molecule has 0 spiro atoms. The van der Waals surface area contributed by atoms with Crippen LogP contribution in [-0.2, 0) is 23.7 Å². The molecule has 2 aromatic rings. The van der Waals surface area contributed by atoms with Crippen LogP contribution in [0.15, 0.2) is 46.2 Å². The SMILES string of the molecule is Cn1cc(NC(=O)CCCCCCC(=O)Nc2ccc(=O)n(C)c2)ccc1=O. The van der Waals surface area contributed by atoms with Crippen molar-refractivity contribution in [1.82, 2.24) is 9.13 Å². The molecular weight excluding hydrogens is 360 g/mol. The van der Waals surface area contributed by atoms with Gasteiger partial charge in [-0.05, 0) is 25.0 Å². The molecule has 2 N–H and O–H groups in total. The van der Waals surface area contributed by atoms with Crippen LogP contribution in [0.5, 0.6) is 0 Å². The highest BCUT2D eigenvalue weighted by Crippen LogP contribution is 2.10. The Kier molecular flexibility index (Phi) is 7.74. The summed E-state index contributed by atoms with van der Waals surface area (Å²) in [5.41, 5.74) is 0.945. The van der Waals surface area contributed by atoms with Gasteiger partial charge in [-0.2, -0.15) is 0 Å². The fraction of sp³-hybridized carbons (Fsp3) is 0.400. The summed E-state index contributed by atoms with van der Waals surface area (Å²) in [4.78, 5) is 46.5. The maximum absolute atomic E-state index is 11.9. The van der Waals surface area contributed by atoms with Crippen LogP contribution in [0.3, 0.4) is 0 Å². The van der Waals surface area contributed by atoms with Gasteiger partial charge >= 0.3 is 0 Å². The van der Waals surface area contributed by atoms with Gasteiger partial charge in [0.15, 0.2) is 0 Å². The summed E-state index contributed by atoms with van der Waals surface area (Å²) in [5, 5.41) is 5.54. The van der Waals surface area contributed by atoms with Gasteiger partial charge in [0.25, 0.3) is 0 Å². The van der Waals surface area contributed by atoms with Crippen molar-refractivity contribution in [3.8, 4) is 0 Å². The van der Waals surface area contributed by atoms with Gasteiger partial charge in [-0.3, -0.25) is 19.2 Å². The Balaban J connectivity index is 1.59. The van der Waals surface area contributed by atoms with E-state index in [1.54, 1.807) is 38.6 Å². The Morgan fingerprint density at radius 2 is 1.11 bits per heavy atom. The summed E-state index contributed by atoms with van der Waals surface area (Å²) in [6.07, 6.45) is 7.15.